The molecule has 0 radical (unpaired) electrons. The molecule has 1 aliphatic heterocycles. The Bertz CT molecular complexity index is 987. The van der Waals surface area contributed by atoms with Gasteiger partial charge in [0.15, 0.2) is 0 Å². The number of carbonyl (C=O) groups is 4. The van der Waals surface area contributed by atoms with E-state index >= 15 is 0 Å². The van der Waals surface area contributed by atoms with Crippen LogP contribution >= 0.6 is 11.6 Å². The van der Waals surface area contributed by atoms with Crippen molar-refractivity contribution in [3.8, 4) is 0 Å². The number of carbonyl (C=O) groups excluding carboxylic acids is 4. The Morgan fingerprint density at radius 1 is 1.03 bits per heavy atom. The number of rotatable bonds is 9. The lowest BCUT2D eigenvalue weighted by atomic mass is 10.1. The van der Waals surface area contributed by atoms with Crippen LogP contribution in [0.3, 0.4) is 0 Å². The minimum Gasteiger partial charge on any atom is -0.355 e. The largest absolute Gasteiger partial charge is 0.355 e. The zero-order valence-corrected chi connectivity index (χ0v) is 18.9. The van der Waals surface area contributed by atoms with E-state index < -0.39 is 6.04 Å². The van der Waals surface area contributed by atoms with Gasteiger partial charge < -0.3 is 10.2 Å². The van der Waals surface area contributed by atoms with Gasteiger partial charge in [-0.1, -0.05) is 35.9 Å². The van der Waals surface area contributed by atoms with E-state index in [4.69, 9.17) is 11.6 Å². The molecule has 3 rings (SSSR count). The lowest BCUT2D eigenvalue weighted by Gasteiger charge is -2.29. The number of halogens is 1. The van der Waals surface area contributed by atoms with Gasteiger partial charge in [-0.15, -0.1) is 0 Å². The summed E-state index contributed by atoms with van der Waals surface area (Å²) in [6.45, 7) is 4.36. The number of hydrogen-bond acceptors (Lipinski definition) is 4. The molecule has 0 aromatic heterocycles. The average Bonchev–Trinajstić information content (AvgIpc) is 3.03. The third-order valence-electron chi connectivity index (χ3n) is 5.44. The van der Waals surface area contributed by atoms with Crippen LogP contribution in [0.25, 0.3) is 0 Å². The first-order valence-corrected chi connectivity index (χ1v) is 11.0. The van der Waals surface area contributed by atoms with Crippen molar-refractivity contribution in [1.29, 1.82) is 0 Å². The molecule has 4 amide bonds. The first-order valence-electron chi connectivity index (χ1n) is 10.6. The normalized spacial score (nSPS) is 13.7. The summed E-state index contributed by atoms with van der Waals surface area (Å²) in [5.74, 6) is -1.15. The van der Waals surface area contributed by atoms with E-state index in [0.29, 0.717) is 29.1 Å². The molecule has 168 valence electrons. The Morgan fingerprint density at radius 2 is 1.62 bits per heavy atom. The minimum absolute atomic E-state index is 0.102. The maximum Gasteiger partial charge on any atom is 0.261 e. The number of fused-ring (bicyclic) bond motifs is 1. The maximum absolute atomic E-state index is 13.1. The first kappa shape index (κ1) is 23.5. The lowest BCUT2D eigenvalue weighted by molar-refractivity contribution is -0.140. The predicted molar refractivity (Wildman–Crippen MR) is 121 cm³/mol. The summed E-state index contributed by atoms with van der Waals surface area (Å²) in [4.78, 5) is 53.1. The van der Waals surface area contributed by atoms with Crippen LogP contribution in [0.15, 0.2) is 48.5 Å². The quantitative estimate of drug-likeness (QED) is 0.588. The van der Waals surface area contributed by atoms with E-state index in [1.54, 1.807) is 43.3 Å². The molecule has 0 aliphatic carbocycles. The van der Waals surface area contributed by atoms with Crippen molar-refractivity contribution in [2.24, 2.45) is 0 Å². The molecule has 2 aromatic rings. The van der Waals surface area contributed by atoms with Crippen LogP contribution in [0, 0.1) is 0 Å². The van der Waals surface area contributed by atoms with Crippen LogP contribution in [0.1, 0.15) is 53.0 Å². The predicted octanol–water partition coefficient (Wildman–Crippen LogP) is 3.27. The average molecular weight is 456 g/mol. The van der Waals surface area contributed by atoms with Crippen molar-refractivity contribution in [3.05, 3.63) is 70.2 Å². The van der Waals surface area contributed by atoms with E-state index in [1.165, 1.54) is 9.80 Å². The standard InChI is InChI=1S/C24H26ClN3O4/c1-3-26-22(30)16(2)28(15-17-10-12-18(25)13-11-17)21(29)9-6-14-27-23(31)19-7-4-5-8-20(19)24(27)32/h4-5,7-8,10-13,16H,3,6,9,14-15H2,1-2H3,(H,26,30). The Balaban J connectivity index is 1.65. The number of amides is 4. The Kier molecular flexibility index (Phi) is 7.64. The highest BCUT2D eigenvalue weighted by atomic mass is 35.5. The summed E-state index contributed by atoms with van der Waals surface area (Å²) in [6, 6.07) is 13.1. The van der Waals surface area contributed by atoms with Gasteiger partial charge in [-0.2, -0.15) is 0 Å². The zero-order chi connectivity index (χ0) is 23.3. The Hall–Kier alpha value is -3.19. The van der Waals surface area contributed by atoms with Crippen LogP contribution in [-0.2, 0) is 16.1 Å². The number of hydrogen-bond donors (Lipinski definition) is 1. The van der Waals surface area contributed by atoms with Gasteiger partial charge in [0.05, 0.1) is 11.1 Å². The molecule has 32 heavy (non-hydrogen) atoms. The van der Waals surface area contributed by atoms with Gasteiger partial charge >= 0.3 is 0 Å². The number of nitrogens with one attached hydrogen (secondary N) is 1. The van der Waals surface area contributed by atoms with Crippen molar-refractivity contribution in [2.75, 3.05) is 13.1 Å². The fourth-order valence-electron chi connectivity index (χ4n) is 3.67. The summed E-state index contributed by atoms with van der Waals surface area (Å²) in [5.41, 5.74) is 1.62. The molecular formula is C24H26ClN3O4. The molecule has 1 aliphatic rings. The Labute approximate surface area is 192 Å². The SMILES string of the molecule is CCNC(=O)C(C)N(Cc1ccc(Cl)cc1)C(=O)CCCN1C(=O)c2ccccc2C1=O. The summed E-state index contributed by atoms with van der Waals surface area (Å²) in [6.07, 6.45) is 0.411. The molecule has 1 atom stereocenters. The molecule has 0 saturated carbocycles. The summed E-state index contributed by atoms with van der Waals surface area (Å²) >= 11 is 5.95. The van der Waals surface area contributed by atoms with Gasteiger partial charge in [0.1, 0.15) is 6.04 Å². The molecular weight excluding hydrogens is 430 g/mol. The highest BCUT2D eigenvalue weighted by molar-refractivity contribution is 6.30. The van der Waals surface area contributed by atoms with Crippen LogP contribution in [0.5, 0.6) is 0 Å². The number of nitrogens with zero attached hydrogens (tertiary/aromatic N) is 2. The summed E-state index contributed by atoms with van der Waals surface area (Å²) in [7, 11) is 0. The number of benzene rings is 2. The molecule has 0 bridgehead atoms. The molecule has 7 nitrogen and oxygen atoms in total. The maximum atomic E-state index is 13.1. The third-order valence-corrected chi connectivity index (χ3v) is 5.69. The van der Waals surface area contributed by atoms with Gasteiger partial charge in [-0.25, -0.2) is 0 Å². The van der Waals surface area contributed by atoms with Crippen molar-refractivity contribution >= 4 is 35.2 Å². The number of imide groups is 1. The molecule has 1 unspecified atom stereocenters. The molecule has 2 aromatic carbocycles. The van der Waals surface area contributed by atoms with Crippen molar-refractivity contribution < 1.29 is 19.2 Å². The van der Waals surface area contributed by atoms with Crippen molar-refractivity contribution in [2.45, 2.75) is 39.3 Å². The second-order valence-electron chi connectivity index (χ2n) is 7.63. The smallest absolute Gasteiger partial charge is 0.261 e. The van der Waals surface area contributed by atoms with E-state index in [9.17, 15) is 19.2 Å². The molecule has 0 fully saturated rings. The topological polar surface area (TPSA) is 86.8 Å². The Morgan fingerprint density at radius 3 is 2.19 bits per heavy atom. The van der Waals surface area contributed by atoms with Crippen LogP contribution < -0.4 is 5.32 Å². The highest BCUT2D eigenvalue weighted by Crippen LogP contribution is 2.23. The molecule has 0 spiro atoms. The fraction of sp³-hybridized carbons (Fsp3) is 0.333. The van der Waals surface area contributed by atoms with Crippen LogP contribution in [0.2, 0.25) is 5.02 Å². The van der Waals surface area contributed by atoms with Gasteiger partial charge in [-0.05, 0) is 50.1 Å². The van der Waals surface area contributed by atoms with Crippen LogP contribution in [-0.4, -0.2) is 52.6 Å². The molecule has 8 heteroatoms. The first-order chi connectivity index (χ1) is 15.3. The van der Waals surface area contributed by atoms with E-state index in [2.05, 4.69) is 5.32 Å². The monoisotopic (exact) mass is 455 g/mol. The van der Waals surface area contributed by atoms with Gasteiger partial charge in [0, 0.05) is 31.1 Å². The zero-order valence-electron chi connectivity index (χ0n) is 18.1. The molecule has 1 heterocycles. The third kappa shape index (κ3) is 5.16. The van der Waals surface area contributed by atoms with E-state index in [0.717, 1.165) is 5.56 Å². The minimum atomic E-state index is -0.669. The second-order valence-corrected chi connectivity index (χ2v) is 8.07. The summed E-state index contributed by atoms with van der Waals surface area (Å²) < 4.78 is 0. The number of likely N-dealkylation sites (N-methyl/N-ethyl adjacent to an activating group) is 1. The van der Waals surface area contributed by atoms with E-state index in [-0.39, 0.29) is 43.1 Å². The van der Waals surface area contributed by atoms with E-state index in [1.807, 2.05) is 19.1 Å². The van der Waals surface area contributed by atoms with Crippen LogP contribution in [0.4, 0.5) is 0 Å². The van der Waals surface area contributed by atoms with Gasteiger partial charge in [0.25, 0.3) is 11.8 Å². The van der Waals surface area contributed by atoms with Gasteiger partial charge in [0.2, 0.25) is 11.8 Å². The van der Waals surface area contributed by atoms with Crippen molar-refractivity contribution in [1.82, 2.24) is 15.1 Å². The van der Waals surface area contributed by atoms with Gasteiger partial charge in [-0.3, -0.25) is 24.1 Å². The summed E-state index contributed by atoms with van der Waals surface area (Å²) in [5, 5.41) is 3.33. The molecule has 0 saturated heterocycles. The van der Waals surface area contributed by atoms with Crippen molar-refractivity contribution in [3.63, 3.8) is 0 Å². The second kappa shape index (κ2) is 10.4. The highest BCUT2D eigenvalue weighted by Gasteiger charge is 2.35. The lowest BCUT2D eigenvalue weighted by Crippen LogP contribution is -2.47. The fourth-order valence-corrected chi connectivity index (χ4v) is 3.79. The molecule has 1 N–H and O–H groups in total.